The minimum Gasteiger partial charge on any atom is -0.466 e. The van der Waals surface area contributed by atoms with E-state index in [1.165, 1.54) is 0 Å². The van der Waals surface area contributed by atoms with Crippen molar-refractivity contribution in [3.8, 4) is 0 Å². The predicted molar refractivity (Wildman–Crippen MR) is 105 cm³/mol. The number of para-hydroxylation sites is 1. The number of aryl methyl sites for hydroxylation is 2. The Morgan fingerprint density at radius 3 is 2.22 bits per heavy atom. The number of carbonyl (C=O) groups excluding carboxylic acids is 2. The summed E-state index contributed by atoms with van der Waals surface area (Å²) in [5, 5.41) is 5.79. The second-order valence-corrected chi connectivity index (χ2v) is 6.43. The van der Waals surface area contributed by atoms with Gasteiger partial charge in [-0.15, -0.1) is 0 Å². The van der Waals surface area contributed by atoms with Gasteiger partial charge in [0.25, 0.3) is 11.8 Å². The van der Waals surface area contributed by atoms with Crippen LogP contribution < -0.4 is 10.6 Å². The molecule has 0 bridgehead atoms. The molecular formula is C22H22N2O3. The zero-order valence-electron chi connectivity index (χ0n) is 15.6. The van der Waals surface area contributed by atoms with Crippen molar-refractivity contribution in [3.63, 3.8) is 0 Å². The Balaban J connectivity index is 1.78. The van der Waals surface area contributed by atoms with Gasteiger partial charge in [0.15, 0.2) is 0 Å². The third kappa shape index (κ3) is 4.26. The molecule has 1 unspecified atom stereocenters. The van der Waals surface area contributed by atoms with E-state index < -0.39 is 0 Å². The van der Waals surface area contributed by atoms with Crippen LogP contribution in [0.4, 0.5) is 5.69 Å². The van der Waals surface area contributed by atoms with Crippen molar-refractivity contribution >= 4 is 17.5 Å². The van der Waals surface area contributed by atoms with Crippen molar-refractivity contribution in [3.05, 3.63) is 88.9 Å². The zero-order chi connectivity index (χ0) is 19.4. The standard InChI is InChI=1S/C22H22N2O3/c1-14-13-19(16(3)27-14)22(26)24-20-12-8-7-11-18(20)21(25)23-15(2)17-9-5-4-6-10-17/h4-13,15H,1-3H3,(H,23,25)(H,24,26). The van der Waals surface area contributed by atoms with E-state index in [2.05, 4.69) is 10.6 Å². The molecule has 0 aliphatic carbocycles. The Labute approximate surface area is 158 Å². The largest absolute Gasteiger partial charge is 0.466 e. The Morgan fingerprint density at radius 2 is 1.56 bits per heavy atom. The third-order valence-electron chi connectivity index (χ3n) is 4.35. The van der Waals surface area contributed by atoms with Crippen LogP contribution in [0, 0.1) is 13.8 Å². The van der Waals surface area contributed by atoms with E-state index in [1.54, 1.807) is 44.2 Å². The van der Waals surface area contributed by atoms with Gasteiger partial charge in [-0.05, 0) is 44.5 Å². The lowest BCUT2D eigenvalue weighted by Gasteiger charge is -2.16. The molecule has 2 aromatic carbocycles. The van der Waals surface area contributed by atoms with Crippen LogP contribution in [0.1, 0.15) is 50.8 Å². The van der Waals surface area contributed by atoms with Crippen molar-refractivity contribution in [1.29, 1.82) is 0 Å². The van der Waals surface area contributed by atoms with Gasteiger partial charge in [-0.2, -0.15) is 0 Å². The van der Waals surface area contributed by atoms with Crippen molar-refractivity contribution in [1.82, 2.24) is 5.32 Å². The van der Waals surface area contributed by atoms with Gasteiger partial charge in [-0.3, -0.25) is 9.59 Å². The fraction of sp³-hybridized carbons (Fsp3) is 0.182. The molecule has 3 rings (SSSR count). The van der Waals surface area contributed by atoms with Crippen molar-refractivity contribution in [2.75, 3.05) is 5.32 Å². The fourth-order valence-electron chi connectivity index (χ4n) is 2.94. The van der Waals surface area contributed by atoms with Crippen molar-refractivity contribution in [2.45, 2.75) is 26.8 Å². The molecular weight excluding hydrogens is 340 g/mol. The first-order chi connectivity index (χ1) is 13.0. The van der Waals surface area contributed by atoms with Gasteiger partial charge in [0.2, 0.25) is 0 Å². The molecule has 1 aromatic heterocycles. The first-order valence-electron chi connectivity index (χ1n) is 8.79. The fourth-order valence-corrected chi connectivity index (χ4v) is 2.94. The molecule has 2 N–H and O–H groups in total. The number of anilines is 1. The van der Waals surface area contributed by atoms with Crippen LogP contribution in [0.3, 0.4) is 0 Å². The maximum atomic E-state index is 12.8. The normalized spacial score (nSPS) is 11.7. The maximum Gasteiger partial charge on any atom is 0.259 e. The summed E-state index contributed by atoms with van der Waals surface area (Å²) in [6, 6.07) is 18.2. The Kier molecular flexibility index (Phi) is 5.41. The van der Waals surface area contributed by atoms with Crippen LogP contribution in [0.25, 0.3) is 0 Å². The zero-order valence-corrected chi connectivity index (χ0v) is 15.6. The van der Waals surface area contributed by atoms with E-state index in [-0.39, 0.29) is 17.9 Å². The van der Waals surface area contributed by atoms with Gasteiger partial charge in [0.05, 0.1) is 22.9 Å². The molecule has 5 nitrogen and oxygen atoms in total. The number of benzene rings is 2. The average Bonchev–Trinajstić information content (AvgIpc) is 3.01. The number of amides is 2. The second kappa shape index (κ2) is 7.91. The average molecular weight is 362 g/mol. The maximum absolute atomic E-state index is 12.8. The molecule has 138 valence electrons. The van der Waals surface area contributed by atoms with Crippen LogP contribution in [0.5, 0.6) is 0 Å². The first kappa shape index (κ1) is 18.5. The van der Waals surface area contributed by atoms with Gasteiger partial charge in [0.1, 0.15) is 11.5 Å². The Morgan fingerprint density at radius 1 is 0.889 bits per heavy atom. The van der Waals surface area contributed by atoms with Crippen LogP contribution in [-0.4, -0.2) is 11.8 Å². The van der Waals surface area contributed by atoms with Gasteiger partial charge in [-0.25, -0.2) is 0 Å². The molecule has 0 aliphatic rings. The molecule has 0 aliphatic heterocycles. The van der Waals surface area contributed by atoms with Crippen LogP contribution in [-0.2, 0) is 0 Å². The Bertz CT molecular complexity index is 961. The summed E-state index contributed by atoms with van der Waals surface area (Å²) in [4.78, 5) is 25.3. The SMILES string of the molecule is Cc1cc(C(=O)Nc2ccccc2C(=O)NC(C)c2ccccc2)c(C)o1. The third-order valence-corrected chi connectivity index (χ3v) is 4.35. The molecule has 0 radical (unpaired) electrons. The summed E-state index contributed by atoms with van der Waals surface area (Å²) in [7, 11) is 0. The summed E-state index contributed by atoms with van der Waals surface area (Å²) >= 11 is 0. The Hall–Kier alpha value is -3.34. The van der Waals surface area contributed by atoms with Crippen LogP contribution >= 0.6 is 0 Å². The van der Waals surface area contributed by atoms with Gasteiger partial charge in [-0.1, -0.05) is 42.5 Å². The minimum absolute atomic E-state index is 0.152. The summed E-state index contributed by atoms with van der Waals surface area (Å²) in [5.41, 5.74) is 2.34. The number of carbonyl (C=O) groups is 2. The van der Waals surface area contributed by atoms with Crippen molar-refractivity contribution in [2.24, 2.45) is 0 Å². The number of nitrogens with one attached hydrogen (secondary N) is 2. The number of hydrogen-bond donors (Lipinski definition) is 2. The summed E-state index contributed by atoms with van der Waals surface area (Å²) in [6.07, 6.45) is 0. The highest BCUT2D eigenvalue weighted by Gasteiger charge is 2.18. The monoisotopic (exact) mass is 362 g/mol. The van der Waals surface area contributed by atoms with Crippen LogP contribution in [0.15, 0.2) is 65.1 Å². The second-order valence-electron chi connectivity index (χ2n) is 6.43. The molecule has 3 aromatic rings. The highest BCUT2D eigenvalue weighted by Crippen LogP contribution is 2.20. The first-order valence-corrected chi connectivity index (χ1v) is 8.79. The highest BCUT2D eigenvalue weighted by atomic mass is 16.3. The summed E-state index contributed by atoms with van der Waals surface area (Å²) < 4.78 is 5.41. The number of rotatable bonds is 5. The predicted octanol–water partition coefficient (Wildman–Crippen LogP) is 4.64. The van der Waals surface area contributed by atoms with Gasteiger partial charge in [0, 0.05) is 0 Å². The molecule has 0 saturated carbocycles. The summed E-state index contributed by atoms with van der Waals surface area (Å²) in [6.45, 7) is 5.45. The van der Waals surface area contributed by atoms with E-state index >= 15 is 0 Å². The molecule has 1 heterocycles. The minimum atomic E-state index is -0.305. The van der Waals surface area contributed by atoms with Crippen molar-refractivity contribution < 1.29 is 14.0 Å². The van der Waals surface area contributed by atoms with E-state index in [0.29, 0.717) is 28.3 Å². The number of furan rings is 1. The van der Waals surface area contributed by atoms with Gasteiger partial charge >= 0.3 is 0 Å². The molecule has 27 heavy (non-hydrogen) atoms. The van der Waals surface area contributed by atoms with Crippen LogP contribution in [0.2, 0.25) is 0 Å². The molecule has 0 fully saturated rings. The quantitative estimate of drug-likeness (QED) is 0.694. The molecule has 2 amide bonds. The lowest BCUT2D eigenvalue weighted by atomic mass is 10.1. The lowest BCUT2D eigenvalue weighted by Crippen LogP contribution is -2.28. The van der Waals surface area contributed by atoms with E-state index in [0.717, 1.165) is 5.56 Å². The number of hydrogen-bond acceptors (Lipinski definition) is 3. The topological polar surface area (TPSA) is 71.3 Å². The molecule has 0 spiro atoms. The van der Waals surface area contributed by atoms with E-state index in [4.69, 9.17) is 4.42 Å². The van der Waals surface area contributed by atoms with E-state index in [1.807, 2.05) is 37.3 Å². The molecule has 5 heteroatoms. The molecule has 0 saturated heterocycles. The lowest BCUT2D eigenvalue weighted by molar-refractivity contribution is 0.0941. The summed E-state index contributed by atoms with van der Waals surface area (Å²) in [5.74, 6) is 0.660. The molecule has 1 atom stereocenters. The van der Waals surface area contributed by atoms with E-state index in [9.17, 15) is 9.59 Å². The van der Waals surface area contributed by atoms with Gasteiger partial charge < -0.3 is 15.1 Å². The smallest absolute Gasteiger partial charge is 0.259 e. The highest BCUT2D eigenvalue weighted by molar-refractivity contribution is 6.09.